The van der Waals surface area contributed by atoms with Crippen molar-refractivity contribution >= 4 is 5.91 Å². The first kappa shape index (κ1) is 16.5. The molecule has 118 valence electrons. The standard InChI is InChI=1S/C17H18N4O2/c18-21-20-16(13-23-12-15-9-5-2-6-10-15)17(22)19-11-14-7-3-1-4-8-14/h1-10,16H,11-13H2,(H,19,22)/t16-/m1/s1. The van der Waals surface area contributed by atoms with E-state index in [9.17, 15) is 4.79 Å². The Balaban J connectivity index is 1.82. The van der Waals surface area contributed by atoms with Gasteiger partial charge in [-0.1, -0.05) is 65.8 Å². The molecular weight excluding hydrogens is 292 g/mol. The van der Waals surface area contributed by atoms with E-state index in [0.29, 0.717) is 13.2 Å². The lowest BCUT2D eigenvalue weighted by Crippen LogP contribution is -2.35. The lowest BCUT2D eigenvalue weighted by molar-refractivity contribution is -0.123. The zero-order valence-electron chi connectivity index (χ0n) is 12.6. The van der Waals surface area contributed by atoms with Crippen molar-refractivity contribution in [2.45, 2.75) is 19.2 Å². The normalized spacial score (nSPS) is 11.3. The van der Waals surface area contributed by atoms with E-state index in [-0.39, 0.29) is 12.5 Å². The number of nitrogens with zero attached hydrogens (tertiary/aromatic N) is 3. The molecule has 0 radical (unpaired) electrons. The minimum atomic E-state index is -0.882. The molecule has 0 saturated carbocycles. The van der Waals surface area contributed by atoms with Crippen LogP contribution < -0.4 is 5.32 Å². The van der Waals surface area contributed by atoms with Crippen LogP contribution in [0, 0.1) is 0 Å². The Morgan fingerprint density at radius 2 is 1.70 bits per heavy atom. The Bertz CT molecular complexity index is 655. The first-order valence-electron chi connectivity index (χ1n) is 7.27. The van der Waals surface area contributed by atoms with E-state index in [1.165, 1.54) is 0 Å². The number of azide groups is 1. The van der Waals surface area contributed by atoms with Crippen molar-refractivity contribution in [1.29, 1.82) is 0 Å². The van der Waals surface area contributed by atoms with Crippen LogP contribution in [-0.2, 0) is 22.7 Å². The van der Waals surface area contributed by atoms with E-state index in [4.69, 9.17) is 10.3 Å². The third kappa shape index (κ3) is 5.82. The molecule has 0 bridgehead atoms. The zero-order valence-corrected chi connectivity index (χ0v) is 12.6. The third-order valence-corrected chi connectivity index (χ3v) is 3.19. The summed E-state index contributed by atoms with van der Waals surface area (Å²) in [5, 5.41) is 6.26. The number of hydrogen-bond donors (Lipinski definition) is 1. The van der Waals surface area contributed by atoms with Gasteiger partial charge in [0.2, 0.25) is 5.91 Å². The van der Waals surface area contributed by atoms with Crippen molar-refractivity contribution in [2.24, 2.45) is 5.11 Å². The Morgan fingerprint density at radius 3 is 2.30 bits per heavy atom. The van der Waals surface area contributed by atoms with Crippen LogP contribution in [0.3, 0.4) is 0 Å². The Labute approximate surface area is 134 Å². The summed E-state index contributed by atoms with van der Waals surface area (Å²) in [7, 11) is 0. The molecule has 0 fully saturated rings. The van der Waals surface area contributed by atoms with E-state index >= 15 is 0 Å². The second-order valence-electron chi connectivity index (χ2n) is 4.92. The minimum absolute atomic E-state index is 0.0412. The highest BCUT2D eigenvalue weighted by Crippen LogP contribution is 2.03. The van der Waals surface area contributed by atoms with Gasteiger partial charge in [-0.25, -0.2) is 0 Å². The van der Waals surface area contributed by atoms with Crippen molar-refractivity contribution in [2.75, 3.05) is 6.61 Å². The third-order valence-electron chi connectivity index (χ3n) is 3.19. The SMILES string of the molecule is [N-]=[N+]=N[C@H](COCc1ccccc1)C(=O)NCc1ccccc1. The molecule has 0 unspecified atom stereocenters. The molecule has 1 atom stereocenters. The molecular formula is C17H18N4O2. The summed E-state index contributed by atoms with van der Waals surface area (Å²) < 4.78 is 5.48. The molecule has 1 amide bonds. The predicted octanol–water partition coefficient (Wildman–Crippen LogP) is 3.20. The molecule has 2 rings (SSSR count). The van der Waals surface area contributed by atoms with E-state index in [1.54, 1.807) is 0 Å². The quantitative estimate of drug-likeness (QED) is 0.461. The maximum atomic E-state index is 12.1. The molecule has 1 N–H and O–H groups in total. The van der Waals surface area contributed by atoms with E-state index < -0.39 is 6.04 Å². The summed E-state index contributed by atoms with van der Waals surface area (Å²) in [5.41, 5.74) is 10.6. The van der Waals surface area contributed by atoms with Gasteiger partial charge in [-0.05, 0) is 16.7 Å². The van der Waals surface area contributed by atoms with Crippen molar-refractivity contribution in [3.05, 3.63) is 82.2 Å². The summed E-state index contributed by atoms with van der Waals surface area (Å²) in [4.78, 5) is 14.8. The summed E-state index contributed by atoms with van der Waals surface area (Å²) in [6.45, 7) is 0.791. The number of amides is 1. The molecule has 0 saturated heterocycles. The first-order valence-corrected chi connectivity index (χ1v) is 7.27. The van der Waals surface area contributed by atoms with Crippen LogP contribution >= 0.6 is 0 Å². The molecule has 0 spiro atoms. The number of carbonyl (C=O) groups excluding carboxylic acids is 1. The highest BCUT2D eigenvalue weighted by atomic mass is 16.5. The maximum absolute atomic E-state index is 12.1. The number of ether oxygens (including phenoxy) is 1. The number of carbonyl (C=O) groups is 1. The molecule has 2 aromatic rings. The highest BCUT2D eigenvalue weighted by Gasteiger charge is 2.16. The van der Waals surface area contributed by atoms with Gasteiger partial charge in [0, 0.05) is 11.5 Å². The van der Waals surface area contributed by atoms with Crippen LogP contribution in [-0.4, -0.2) is 18.6 Å². The van der Waals surface area contributed by atoms with Gasteiger partial charge in [0.05, 0.1) is 13.2 Å². The molecule has 0 heterocycles. The smallest absolute Gasteiger partial charge is 0.231 e. The molecule has 0 aliphatic carbocycles. The lowest BCUT2D eigenvalue weighted by Gasteiger charge is -2.12. The fourth-order valence-corrected chi connectivity index (χ4v) is 1.99. The number of benzene rings is 2. The van der Waals surface area contributed by atoms with Crippen LogP contribution in [0.15, 0.2) is 65.8 Å². The van der Waals surface area contributed by atoms with Crippen LogP contribution in [0.1, 0.15) is 11.1 Å². The molecule has 0 aromatic heterocycles. The topological polar surface area (TPSA) is 87.1 Å². The van der Waals surface area contributed by atoms with E-state index in [0.717, 1.165) is 11.1 Å². The Morgan fingerprint density at radius 1 is 1.09 bits per heavy atom. The molecule has 6 heteroatoms. The average Bonchev–Trinajstić information content (AvgIpc) is 2.61. The summed E-state index contributed by atoms with van der Waals surface area (Å²) >= 11 is 0. The second-order valence-corrected chi connectivity index (χ2v) is 4.92. The van der Waals surface area contributed by atoms with Crippen molar-refractivity contribution in [3.8, 4) is 0 Å². The van der Waals surface area contributed by atoms with Gasteiger partial charge in [0.25, 0.3) is 0 Å². The van der Waals surface area contributed by atoms with Crippen molar-refractivity contribution in [1.82, 2.24) is 5.32 Å². The average molecular weight is 310 g/mol. The largest absolute Gasteiger partial charge is 0.376 e. The van der Waals surface area contributed by atoms with Gasteiger partial charge in [-0.3, -0.25) is 4.79 Å². The van der Waals surface area contributed by atoms with Gasteiger partial charge >= 0.3 is 0 Å². The van der Waals surface area contributed by atoms with Crippen LogP contribution in [0.2, 0.25) is 0 Å². The van der Waals surface area contributed by atoms with Crippen LogP contribution in [0.4, 0.5) is 0 Å². The molecule has 0 aliphatic rings. The van der Waals surface area contributed by atoms with Crippen LogP contribution in [0.5, 0.6) is 0 Å². The van der Waals surface area contributed by atoms with Gasteiger partial charge in [0.1, 0.15) is 6.04 Å². The van der Waals surface area contributed by atoms with Gasteiger partial charge in [-0.2, -0.15) is 0 Å². The fraction of sp³-hybridized carbons (Fsp3) is 0.235. The Hall–Kier alpha value is -2.82. The van der Waals surface area contributed by atoms with Gasteiger partial charge in [-0.15, -0.1) is 0 Å². The predicted molar refractivity (Wildman–Crippen MR) is 87.3 cm³/mol. The van der Waals surface area contributed by atoms with E-state index in [2.05, 4.69) is 15.3 Å². The van der Waals surface area contributed by atoms with Gasteiger partial charge < -0.3 is 10.1 Å². The van der Waals surface area contributed by atoms with Crippen molar-refractivity contribution < 1.29 is 9.53 Å². The maximum Gasteiger partial charge on any atom is 0.231 e. The summed E-state index contributed by atoms with van der Waals surface area (Å²) in [6.07, 6.45) is 0. The van der Waals surface area contributed by atoms with Crippen molar-refractivity contribution in [3.63, 3.8) is 0 Å². The summed E-state index contributed by atoms with van der Waals surface area (Å²) in [5.74, 6) is -0.347. The fourth-order valence-electron chi connectivity index (χ4n) is 1.99. The lowest BCUT2D eigenvalue weighted by atomic mass is 10.2. The number of rotatable bonds is 8. The minimum Gasteiger partial charge on any atom is -0.376 e. The molecule has 6 nitrogen and oxygen atoms in total. The second kappa shape index (κ2) is 9.25. The molecule has 23 heavy (non-hydrogen) atoms. The van der Waals surface area contributed by atoms with Crippen LogP contribution in [0.25, 0.3) is 10.4 Å². The van der Waals surface area contributed by atoms with Gasteiger partial charge in [0.15, 0.2) is 0 Å². The highest BCUT2D eigenvalue weighted by molar-refractivity contribution is 5.82. The number of hydrogen-bond acceptors (Lipinski definition) is 3. The zero-order chi connectivity index (χ0) is 16.3. The molecule has 0 aliphatic heterocycles. The molecule has 2 aromatic carbocycles. The summed E-state index contributed by atoms with van der Waals surface area (Å²) in [6, 6.07) is 18.2. The van der Waals surface area contributed by atoms with E-state index in [1.807, 2.05) is 60.7 Å². The number of nitrogens with one attached hydrogen (secondary N) is 1. The first-order chi connectivity index (χ1) is 11.3. The Kier molecular flexibility index (Phi) is 6.65. The monoisotopic (exact) mass is 310 g/mol.